The second-order valence-electron chi connectivity index (χ2n) is 6.03. The zero-order valence-corrected chi connectivity index (χ0v) is 16.4. The van der Waals surface area contributed by atoms with Crippen LogP contribution in [0, 0.1) is 0 Å². The first kappa shape index (κ1) is 18.7. The molecule has 0 aliphatic carbocycles. The van der Waals surface area contributed by atoms with E-state index >= 15 is 0 Å². The van der Waals surface area contributed by atoms with Crippen molar-refractivity contribution in [3.05, 3.63) is 69.9 Å². The molecule has 146 valence electrons. The molecule has 0 aliphatic rings. The Morgan fingerprint density at radius 3 is 2.72 bits per heavy atom. The molecule has 2 heterocycles. The molecular weight excluding hydrogens is 392 g/mol. The second-order valence-corrected chi connectivity index (χ2v) is 6.89. The summed E-state index contributed by atoms with van der Waals surface area (Å²) in [5, 5.41) is 5.27. The number of para-hydroxylation sites is 1. The number of nitrogens with zero attached hydrogens (tertiary/aromatic N) is 1. The van der Waals surface area contributed by atoms with E-state index in [2.05, 4.69) is 10.3 Å². The summed E-state index contributed by atoms with van der Waals surface area (Å²) in [6, 6.07) is 13.4. The molecule has 0 spiro atoms. The molecule has 0 saturated carbocycles. The van der Waals surface area contributed by atoms with Gasteiger partial charge in [0.05, 0.1) is 25.3 Å². The fraction of sp³-hybridized carbons (Fsp3) is 0.0952. The summed E-state index contributed by atoms with van der Waals surface area (Å²) in [6.45, 7) is 0. The number of hydrogen-bond acceptors (Lipinski definition) is 7. The third kappa shape index (κ3) is 3.70. The van der Waals surface area contributed by atoms with Gasteiger partial charge >= 0.3 is 0 Å². The summed E-state index contributed by atoms with van der Waals surface area (Å²) in [5.74, 6) is 0.650. The SMILES string of the molecule is COc1ccc(-c2csc(NC(=O)c3cc(=O)c4ccccc4o3)n2)c(OC)c1. The maximum atomic E-state index is 12.5. The molecule has 7 nitrogen and oxygen atoms in total. The highest BCUT2D eigenvalue weighted by Gasteiger charge is 2.16. The van der Waals surface area contributed by atoms with Crippen molar-refractivity contribution in [2.24, 2.45) is 0 Å². The van der Waals surface area contributed by atoms with Crippen LogP contribution in [0.3, 0.4) is 0 Å². The molecule has 0 unspecified atom stereocenters. The van der Waals surface area contributed by atoms with Crippen LogP contribution in [0.4, 0.5) is 5.13 Å². The van der Waals surface area contributed by atoms with Crippen LogP contribution >= 0.6 is 11.3 Å². The number of anilines is 1. The minimum Gasteiger partial charge on any atom is -0.497 e. The third-order valence-corrected chi connectivity index (χ3v) is 5.03. The molecular formula is C21H16N2O5S. The van der Waals surface area contributed by atoms with Crippen molar-refractivity contribution in [2.75, 3.05) is 19.5 Å². The van der Waals surface area contributed by atoms with E-state index in [1.807, 2.05) is 6.07 Å². The fourth-order valence-electron chi connectivity index (χ4n) is 2.84. The molecule has 0 bridgehead atoms. The molecule has 29 heavy (non-hydrogen) atoms. The summed E-state index contributed by atoms with van der Waals surface area (Å²) >= 11 is 1.25. The van der Waals surface area contributed by atoms with Gasteiger partial charge in [0.2, 0.25) is 0 Å². The number of benzene rings is 2. The maximum absolute atomic E-state index is 12.5. The Hall–Kier alpha value is -3.65. The highest BCUT2D eigenvalue weighted by Crippen LogP contribution is 2.34. The topological polar surface area (TPSA) is 90.7 Å². The van der Waals surface area contributed by atoms with Crippen molar-refractivity contribution in [1.82, 2.24) is 4.98 Å². The Balaban J connectivity index is 1.60. The van der Waals surface area contributed by atoms with Crippen molar-refractivity contribution in [2.45, 2.75) is 0 Å². The van der Waals surface area contributed by atoms with Crippen LogP contribution in [-0.4, -0.2) is 25.1 Å². The van der Waals surface area contributed by atoms with Crippen LogP contribution in [0.15, 0.2) is 63.1 Å². The van der Waals surface area contributed by atoms with E-state index in [-0.39, 0.29) is 11.2 Å². The molecule has 0 saturated heterocycles. The normalized spacial score (nSPS) is 10.7. The number of rotatable bonds is 5. The van der Waals surface area contributed by atoms with Gasteiger partial charge in [-0.05, 0) is 24.3 Å². The van der Waals surface area contributed by atoms with Crippen molar-refractivity contribution in [3.8, 4) is 22.8 Å². The first-order valence-electron chi connectivity index (χ1n) is 8.61. The quantitative estimate of drug-likeness (QED) is 0.533. The van der Waals surface area contributed by atoms with E-state index in [1.165, 1.54) is 17.4 Å². The average Bonchev–Trinajstić information content (AvgIpc) is 3.21. The minimum absolute atomic E-state index is 0.0764. The van der Waals surface area contributed by atoms with Gasteiger partial charge in [0, 0.05) is 23.1 Å². The molecule has 1 amide bonds. The first-order valence-corrected chi connectivity index (χ1v) is 9.49. The molecule has 1 N–H and O–H groups in total. The number of carbonyl (C=O) groups excluding carboxylic acids is 1. The Kier molecular flexibility index (Phi) is 5.01. The summed E-state index contributed by atoms with van der Waals surface area (Å²) < 4.78 is 16.2. The molecule has 8 heteroatoms. The molecule has 0 atom stereocenters. The molecule has 2 aromatic heterocycles. The molecule has 2 aromatic carbocycles. The van der Waals surface area contributed by atoms with E-state index in [9.17, 15) is 9.59 Å². The summed E-state index contributed by atoms with van der Waals surface area (Å²) in [7, 11) is 3.14. The average molecular weight is 408 g/mol. The van der Waals surface area contributed by atoms with Gasteiger partial charge in [-0.1, -0.05) is 12.1 Å². The van der Waals surface area contributed by atoms with E-state index in [1.54, 1.807) is 56.0 Å². The van der Waals surface area contributed by atoms with Gasteiger partial charge < -0.3 is 13.9 Å². The number of amides is 1. The lowest BCUT2D eigenvalue weighted by molar-refractivity contribution is 0.0997. The zero-order chi connectivity index (χ0) is 20.4. The lowest BCUT2D eigenvalue weighted by atomic mass is 10.1. The number of ether oxygens (including phenoxy) is 2. The van der Waals surface area contributed by atoms with E-state index < -0.39 is 5.91 Å². The number of hydrogen-bond donors (Lipinski definition) is 1. The van der Waals surface area contributed by atoms with Gasteiger partial charge in [-0.25, -0.2) is 4.98 Å². The Bertz CT molecular complexity index is 1260. The molecule has 0 radical (unpaired) electrons. The number of methoxy groups -OCH3 is 2. The van der Waals surface area contributed by atoms with Crippen LogP contribution in [0.25, 0.3) is 22.2 Å². The smallest absolute Gasteiger partial charge is 0.293 e. The van der Waals surface area contributed by atoms with Gasteiger partial charge in [0.1, 0.15) is 17.1 Å². The van der Waals surface area contributed by atoms with Crippen LogP contribution in [0.2, 0.25) is 0 Å². The lowest BCUT2D eigenvalue weighted by Gasteiger charge is -2.08. The minimum atomic E-state index is -0.546. The Morgan fingerprint density at radius 2 is 1.93 bits per heavy atom. The predicted octanol–water partition coefficient (Wildman–Crippen LogP) is 4.19. The summed E-state index contributed by atoms with van der Waals surface area (Å²) in [4.78, 5) is 29.2. The zero-order valence-electron chi connectivity index (χ0n) is 15.6. The number of fused-ring (bicyclic) bond motifs is 1. The van der Waals surface area contributed by atoms with E-state index in [4.69, 9.17) is 13.9 Å². The van der Waals surface area contributed by atoms with Gasteiger partial charge in [-0.15, -0.1) is 11.3 Å². The van der Waals surface area contributed by atoms with Crippen LogP contribution in [0.1, 0.15) is 10.6 Å². The van der Waals surface area contributed by atoms with Crippen molar-refractivity contribution < 1.29 is 18.7 Å². The van der Waals surface area contributed by atoms with E-state index in [0.29, 0.717) is 33.3 Å². The molecule has 0 fully saturated rings. The predicted molar refractivity (Wildman–Crippen MR) is 111 cm³/mol. The van der Waals surface area contributed by atoms with Gasteiger partial charge in [0.15, 0.2) is 16.3 Å². The first-order chi connectivity index (χ1) is 14.1. The maximum Gasteiger partial charge on any atom is 0.293 e. The number of carbonyl (C=O) groups is 1. The highest BCUT2D eigenvalue weighted by molar-refractivity contribution is 7.14. The second kappa shape index (κ2) is 7.76. The van der Waals surface area contributed by atoms with E-state index in [0.717, 1.165) is 5.56 Å². The third-order valence-electron chi connectivity index (χ3n) is 4.27. The Morgan fingerprint density at radius 1 is 1.10 bits per heavy atom. The fourth-order valence-corrected chi connectivity index (χ4v) is 3.55. The van der Waals surface area contributed by atoms with Crippen molar-refractivity contribution >= 4 is 33.3 Å². The van der Waals surface area contributed by atoms with Crippen LogP contribution < -0.4 is 20.2 Å². The van der Waals surface area contributed by atoms with Gasteiger partial charge in [0.25, 0.3) is 5.91 Å². The monoisotopic (exact) mass is 408 g/mol. The molecule has 0 aliphatic heterocycles. The molecule has 4 rings (SSSR count). The van der Waals surface area contributed by atoms with Crippen molar-refractivity contribution in [3.63, 3.8) is 0 Å². The van der Waals surface area contributed by atoms with Gasteiger partial charge in [-0.3, -0.25) is 14.9 Å². The standard InChI is InChI=1S/C21H16N2O5S/c1-26-12-7-8-13(18(9-12)27-2)15-11-29-21(22-15)23-20(25)19-10-16(24)14-5-3-4-6-17(14)28-19/h3-11H,1-2H3,(H,22,23,25). The largest absolute Gasteiger partial charge is 0.497 e. The number of thiazole rings is 1. The van der Waals surface area contributed by atoms with Crippen molar-refractivity contribution in [1.29, 1.82) is 0 Å². The van der Waals surface area contributed by atoms with Crippen LogP contribution in [0.5, 0.6) is 11.5 Å². The lowest BCUT2D eigenvalue weighted by Crippen LogP contribution is -2.14. The summed E-state index contributed by atoms with van der Waals surface area (Å²) in [5.41, 5.74) is 1.49. The molecule has 4 aromatic rings. The van der Waals surface area contributed by atoms with Gasteiger partial charge in [-0.2, -0.15) is 0 Å². The summed E-state index contributed by atoms with van der Waals surface area (Å²) in [6.07, 6.45) is 0. The Labute approximate surface area is 169 Å². The highest BCUT2D eigenvalue weighted by atomic mass is 32.1. The number of nitrogens with one attached hydrogen (secondary N) is 1. The number of aromatic nitrogens is 1. The van der Waals surface area contributed by atoms with Crippen LogP contribution in [-0.2, 0) is 0 Å².